The molecule has 0 aromatic carbocycles. The van der Waals surface area contributed by atoms with Crippen molar-refractivity contribution < 1.29 is 4.92 Å². The fraction of sp³-hybridized carbons (Fsp3) is 0.667. The van der Waals surface area contributed by atoms with E-state index in [1.54, 1.807) is 7.05 Å². The summed E-state index contributed by atoms with van der Waals surface area (Å²) < 4.78 is 0. The number of anilines is 2. The zero-order valence-corrected chi connectivity index (χ0v) is 11.8. The van der Waals surface area contributed by atoms with Gasteiger partial charge in [0.25, 0.3) is 0 Å². The van der Waals surface area contributed by atoms with E-state index in [0.717, 1.165) is 19.6 Å². The maximum atomic E-state index is 11.2. The molecule has 1 fully saturated rings. The molecule has 110 valence electrons. The molecule has 1 aliphatic heterocycles. The van der Waals surface area contributed by atoms with Gasteiger partial charge in [0.1, 0.15) is 6.33 Å². The molecule has 0 spiro atoms. The summed E-state index contributed by atoms with van der Waals surface area (Å²) in [5, 5.41) is 17.0. The van der Waals surface area contributed by atoms with Gasteiger partial charge in [0, 0.05) is 19.6 Å². The van der Waals surface area contributed by atoms with E-state index in [-0.39, 0.29) is 23.4 Å². The van der Waals surface area contributed by atoms with Crippen LogP contribution in [-0.2, 0) is 0 Å². The highest BCUT2D eigenvalue weighted by molar-refractivity contribution is 5.69. The van der Waals surface area contributed by atoms with Crippen molar-refractivity contribution in [3.63, 3.8) is 0 Å². The Hall–Kier alpha value is -1.96. The molecule has 0 saturated carbocycles. The molecule has 1 aromatic rings. The van der Waals surface area contributed by atoms with E-state index >= 15 is 0 Å². The standard InChI is InChI=1S/C12H20N6O2/c1-9(7-17-5-3-4-6-17)16-12-10(18(19)20)11(13-2)14-8-15-12/h8-9H,3-7H2,1-2H3,(H2,13,14,15,16). The minimum absolute atomic E-state index is 0.0893. The van der Waals surface area contributed by atoms with E-state index in [0.29, 0.717) is 0 Å². The first-order valence-corrected chi connectivity index (χ1v) is 6.78. The van der Waals surface area contributed by atoms with Crippen LogP contribution >= 0.6 is 0 Å². The topological polar surface area (TPSA) is 96.2 Å². The van der Waals surface area contributed by atoms with Crippen LogP contribution in [0.1, 0.15) is 19.8 Å². The Balaban J connectivity index is 2.09. The summed E-state index contributed by atoms with van der Waals surface area (Å²) in [6.07, 6.45) is 3.78. The molecular weight excluding hydrogens is 260 g/mol. The van der Waals surface area contributed by atoms with Gasteiger partial charge in [0.2, 0.25) is 11.6 Å². The first kappa shape index (κ1) is 14.4. The number of hydrogen-bond acceptors (Lipinski definition) is 7. The predicted molar refractivity (Wildman–Crippen MR) is 77.0 cm³/mol. The lowest BCUT2D eigenvalue weighted by molar-refractivity contribution is -0.383. The highest BCUT2D eigenvalue weighted by Crippen LogP contribution is 2.28. The van der Waals surface area contributed by atoms with Crippen LogP contribution in [0.5, 0.6) is 0 Å². The molecule has 1 atom stereocenters. The van der Waals surface area contributed by atoms with Gasteiger partial charge in [0.05, 0.1) is 4.92 Å². The molecule has 0 amide bonds. The normalized spacial score (nSPS) is 16.9. The summed E-state index contributed by atoms with van der Waals surface area (Å²) in [6.45, 7) is 5.05. The van der Waals surface area contributed by atoms with Crippen LogP contribution in [-0.4, -0.2) is 52.5 Å². The van der Waals surface area contributed by atoms with Gasteiger partial charge in [0.15, 0.2) is 0 Å². The first-order valence-electron chi connectivity index (χ1n) is 6.78. The molecular formula is C12H20N6O2. The molecule has 1 aliphatic rings. The van der Waals surface area contributed by atoms with Gasteiger partial charge in [-0.1, -0.05) is 0 Å². The molecule has 2 N–H and O–H groups in total. The van der Waals surface area contributed by atoms with Crippen molar-refractivity contribution in [1.82, 2.24) is 14.9 Å². The molecule has 20 heavy (non-hydrogen) atoms. The molecule has 8 nitrogen and oxygen atoms in total. The zero-order valence-electron chi connectivity index (χ0n) is 11.8. The summed E-state index contributed by atoms with van der Waals surface area (Å²) in [5.41, 5.74) is -0.108. The van der Waals surface area contributed by atoms with E-state index in [9.17, 15) is 10.1 Å². The third-order valence-electron chi connectivity index (χ3n) is 3.36. The predicted octanol–water partition coefficient (Wildman–Crippen LogP) is 1.32. The lowest BCUT2D eigenvalue weighted by Crippen LogP contribution is -2.33. The van der Waals surface area contributed by atoms with Crippen LogP contribution in [0.2, 0.25) is 0 Å². The van der Waals surface area contributed by atoms with Crippen LogP contribution < -0.4 is 10.6 Å². The Morgan fingerprint density at radius 1 is 1.40 bits per heavy atom. The Morgan fingerprint density at radius 2 is 2.05 bits per heavy atom. The molecule has 0 radical (unpaired) electrons. The van der Waals surface area contributed by atoms with Crippen LogP contribution in [0.3, 0.4) is 0 Å². The fourth-order valence-electron chi connectivity index (χ4n) is 2.47. The van der Waals surface area contributed by atoms with Gasteiger partial charge in [-0.3, -0.25) is 10.1 Å². The van der Waals surface area contributed by atoms with Crippen LogP contribution in [0, 0.1) is 10.1 Å². The second-order valence-electron chi connectivity index (χ2n) is 4.98. The molecule has 8 heteroatoms. The summed E-state index contributed by atoms with van der Waals surface area (Å²) in [6, 6.07) is 0.0893. The lowest BCUT2D eigenvalue weighted by Gasteiger charge is -2.21. The van der Waals surface area contributed by atoms with Crippen LogP contribution in [0.4, 0.5) is 17.3 Å². The zero-order chi connectivity index (χ0) is 14.5. The fourth-order valence-corrected chi connectivity index (χ4v) is 2.47. The first-order chi connectivity index (χ1) is 9.61. The van der Waals surface area contributed by atoms with Gasteiger partial charge >= 0.3 is 5.69 Å². The largest absolute Gasteiger partial charge is 0.367 e. The number of nitrogens with zero attached hydrogens (tertiary/aromatic N) is 4. The van der Waals surface area contributed by atoms with Gasteiger partial charge in [-0.25, -0.2) is 9.97 Å². The second-order valence-corrected chi connectivity index (χ2v) is 4.98. The number of nitro groups is 1. The van der Waals surface area contributed by atoms with E-state index < -0.39 is 4.92 Å². The number of nitrogens with one attached hydrogen (secondary N) is 2. The minimum atomic E-state index is -0.462. The Labute approximate surface area is 117 Å². The number of hydrogen-bond donors (Lipinski definition) is 2. The van der Waals surface area contributed by atoms with Crippen LogP contribution in [0.15, 0.2) is 6.33 Å². The molecule has 2 rings (SSSR count). The van der Waals surface area contributed by atoms with E-state index in [4.69, 9.17) is 0 Å². The van der Waals surface area contributed by atoms with Gasteiger partial charge in [-0.2, -0.15) is 0 Å². The lowest BCUT2D eigenvalue weighted by atomic mass is 10.3. The Kier molecular flexibility index (Phi) is 4.67. The summed E-state index contributed by atoms with van der Waals surface area (Å²) >= 11 is 0. The molecule has 0 bridgehead atoms. The number of aromatic nitrogens is 2. The van der Waals surface area contributed by atoms with Crippen molar-refractivity contribution in [3.8, 4) is 0 Å². The summed E-state index contributed by atoms with van der Waals surface area (Å²) in [7, 11) is 1.60. The molecule has 2 heterocycles. The van der Waals surface area contributed by atoms with E-state index in [2.05, 4.69) is 25.5 Å². The van der Waals surface area contributed by atoms with E-state index in [1.165, 1.54) is 19.2 Å². The van der Waals surface area contributed by atoms with Crippen LogP contribution in [0.25, 0.3) is 0 Å². The quantitative estimate of drug-likeness (QED) is 0.599. The van der Waals surface area contributed by atoms with Crippen molar-refractivity contribution in [2.75, 3.05) is 37.3 Å². The Bertz CT molecular complexity index is 475. The SMILES string of the molecule is CNc1ncnc(NC(C)CN2CCCC2)c1[N+](=O)[O-]. The molecule has 1 aromatic heterocycles. The monoisotopic (exact) mass is 280 g/mol. The maximum Gasteiger partial charge on any atom is 0.353 e. The third kappa shape index (κ3) is 3.32. The van der Waals surface area contributed by atoms with Crippen molar-refractivity contribution in [2.24, 2.45) is 0 Å². The average Bonchev–Trinajstić information content (AvgIpc) is 2.90. The highest BCUT2D eigenvalue weighted by atomic mass is 16.6. The van der Waals surface area contributed by atoms with Gasteiger partial charge in [-0.05, 0) is 32.9 Å². The molecule has 1 unspecified atom stereocenters. The summed E-state index contributed by atoms with van der Waals surface area (Å²) in [4.78, 5) is 20.9. The van der Waals surface area contributed by atoms with Crippen molar-refractivity contribution in [2.45, 2.75) is 25.8 Å². The van der Waals surface area contributed by atoms with Gasteiger partial charge in [-0.15, -0.1) is 0 Å². The van der Waals surface area contributed by atoms with Crippen molar-refractivity contribution in [1.29, 1.82) is 0 Å². The van der Waals surface area contributed by atoms with Gasteiger partial charge < -0.3 is 15.5 Å². The smallest absolute Gasteiger partial charge is 0.353 e. The highest BCUT2D eigenvalue weighted by Gasteiger charge is 2.24. The minimum Gasteiger partial charge on any atom is -0.367 e. The Morgan fingerprint density at radius 3 is 2.65 bits per heavy atom. The third-order valence-corrected chi connectivity index (χ3v) is 3.36. The maximum absolute atomic E-state index is 11.2. The molecule has 1 saturated heterocycles. The van der Waals surface area contributed by atoms with Crippen molar-refractivity contribution >= 4 is 17.3 Å². The van der Waals surface area contributed by atoms with E-state index in [1.807, 2.05) is 6.92 Å². The number of rotatable bonds is 6. The van der Waals surface area contributed by atoms with Crippen molar-refractivity contribution in [3.05, 3.63) is 16.4 Å². The number of likely N-dealkylation sites (tertiary alicyclic amines) is 1. The summed E-state index contributed by atoms with van der Waals surface area (Å²) in [5.74, 6) is 0.488. The average molecular weight is 280 g/mol. The second kappa shape index (κ2) is 6.47. The molecule has 0 aliphatic carbocycles.